The lowest BCUT2D eigenvalue weighted by atomic mass is 9.94. The lowest BCUT2D eigenvalue weighted by Crippen LogP contribution is -2.31. The first-order valence-corrected chi connectivity index (χ1v) is 13.9. The molecule has 0 spiro atoms. The zero-order chi connectivity index (χ0) is 27.2. The molecule has 5 rings (SSSR count). The van der Waals surface area contributed by atoms with Gasteiger partial charge in [0.05, 0.1) is 17.9 Å². The lowest BCUT2D eigenvalue weighted by Gasteiger charge is -2.29. The highest BCUT2D eigenvalue weighted by molar-refractivity contribution is 7.99. The summed E-state index contributed by atoms with van der Waals surface area (Å²) in [7, 11) is 0. The summed E-state index contributed by atoms with van der Waals surface area (Å²) in [5.41, 5.74) is 3.79. The van der Waals surface area contributed by atoms with Gasteiger partial charge in [0.1, 0.15) is 24.1 Å². The molecule has 0 fully saturated rings. The summed E-state index contributed by atoms with van der Waals surface area (Å²) >= 11 is 1.55. The van der Waals surface area contributed by atoms with E-state index >= 15 is 0 Å². The van der Waals surface area contributed by atoms with Crippen molar-refractivity contribution in [1.82, 2.24) is 14.8 Å². The van der Waals surface area contributed by atoms with Gasteiger partial charge in [-0.15, -0.1) is 5.10 Å². The molecule has 3 aromatic carbocycles. The Morgan fingerprint density at radius 2 is 1.82 bits per heavy atom. The largest absolute Gasteiger partial charge is 0.492 e. The molecule has 2 heterocycles. The van der Waals surface area contributed by atoms with Crippen molar-refractivity contribution in [2.75, 3.05) is 23.0 Å². The molecule has 0 bridgehead atoms. The van der Waals surface area contributed by atoms with Gasteiger partial charge in [-0.05, 0) is 55.0 Å². The van der Waals surface area contributed by atoms with Crippen LogP contribution in [-0.2, 0) is 11.4 Å². The summed E-state index contributed by atoms with van der Waals surface area (Å²) in [4.78, 5) is 18.6. The molecule has 2 N–H and O–H groups in total. The lowest BCUT2D eigenvalue weighted by molar-refractivity contribution is -0.113. The minimum Gasteiger partial charge on any atom is -0.492 e. The molecule has 1 aliphatic rings. The van der Waals surface area contributed by atoms with Crippen molar-refractivity contribution in [2.24, 2.45) is 0 Å². The molecule has 0 radical (unpaired) electrons. The predicted octanol–water partition coefficient (Wildman–Crippen LogP) is 6.30. The normalized spacial score (nSPS) is 14.4. The number of hydrogen-bond acceptors (Lipinski definition) is 7. The van der Waals surface area contributed by atoms with Crippen LogP contribution in [0.2, 0.25) is 0 Å². The van der Waals surface area contributed by atoms with Crippen LogP contribution in [0.1, 0.15) is 37.9 Å². The highest BCUT2D eigenvalue weighted by Gasteiger charge is 2.35. The van der Waals surface area contributed by atoms with Crippen molar-refractivity contribution in [3.63, 3.8) is 0 Å². The third-order valence-corrected chi connectivity index (χ3v) is 6.93. The van der Waals surface area contributed by atoms with E-state index in [0.717, 1.165) is 16.9 Å². The topological polar surface area (TPSA) is 90.3 Å². The number of nitrogens with one attached hydrogen (secondary N) is 2. The van der Waals surface area contributed by atoms with Crippen molar-refractivity contribution in [2.45, 2.75) is 38.6 Å². The molecule has 0 saturated heterocycles. The number of para-hydroxylation sites is 2. The van der Waals surface area contributed by atoms with Crippen LogP contribution in [0, 0.1) is 0 Å². The van der Waals surface area contributed by atoms with Crippen LogP contribution in [0.25, 0.3) is 0 Å². The number of anilines is 2. The van der Waals surface area contributed by atoms with Gasteiger partial charge in [0.15, 0.2) is 0 Å². The van der Waals surface area contributed by atoms with Crippen molar-refractivity contribution >= 4 is 29.3 Å². The van der Waals surface area contributed by atoms with Crippen LogP contribution in [0.15, 0.2) is 95.3 Å². The van der Waals surface area contributed by atoms with E-state index in [2.05, 4.69) is 22.5 Å². The number of carbonyl (C=O) groups is 1. The minimum atomic E-state index is -0.514. The smallest absolute Gasteiger partial charge is 0.255 e. The van der Waals surface area contributed by atoms with Gasteiger partial charge in [0, 0.05) is 5.70 Å². The van der Waals surface area contributed by atoms with Crippen molar-refractivity contribution in [1.29, 1.82) is 0 Å². The molecule has 1 atom stereocenters. The van der Waals surface area contributed by atoms with Gasteiger partial charge in [-0.2, -0.15) is 4.98 Å². The standard InChI is InChI=1S/C30H31N5O3S/c1-4-37-25-17-10-9-16-24(25)32-28(36)26-20(3)31-29-33-30(39-5-2)34-35(29)27(26)22-14-11-15-23(18-22)38-19-21-12-7-6-8-13-21/h6-18,27H,4-5,19H2,1-3H3,(H,32,36)(H,31,33,34). The summed E-state index contributed by atoms with van der Waals surface area (Å²) < 4.78 is 13.6. The van der Waals surface area contributed by atoms with E-state index < -0.39 is 6.04 Å². The number of rotatable bonds is 10. The van der Waals surface area contributed by atoms with E-state index in [1.165, 1.54) is 0 Å². The third-order valence-electron chi connectivity index (χ3n) is 6.21. The Labute approximate surface area is 232 Å². The first kappa shape index (κ1) is 26.4. The number of ether oxygens (including phenoxy) is 2. The van der Waals surface area contributed by atoms with Crippen LogP contribution < -0.4 is 20.1 Å². The maximum atomic E-state index is 13.9. The third kappa shape index (κ3) is 5.93. The van der Waals surface area contributed by atoms with Gasteiger partial charge in [0.25, 0.3) is 5.91 Å². The Hall–Kier alpha value is -4.24. The number of allylic oxidation sites excluding steroid dienone is 1. The first-order valence-electron chi connectivity index (χ1n) is 12.9. The highest BCUT2D eigenvalue weighted by Crippen LogP contribution is 2.38. The van der Waals surface area contributed by atoms with Crippen LogP contribution in [0.3, 0.4) is 0 Å². The number of hydrogen-bond donors (Lipinski definition) is 2. The predicted molar refractivity (Wildman–Crippen MR) is 154 cm³/mol. The first-order chi connectivity index (χ1) is 19.1. The van der Waals surface area contributed by atoms with E-state index in [-0.39, 0.29) is 5.91 Å². The number of aromatic nitrogens is 3. The molecule has 200 valence electrons. The van der Waals surface area contributed by atoms with E-state index in [9.17, 15) is 4.79 Å². The number of carbonyl (C=O) groups excluding carboxylic acids is 1. The molecule has 8 nitrogen and oxygen atoms in total. The Bertz CT molecular complexity index is 1480. The Balaban J connectivity index is 1.51. The van der Waals surface area contributed by atoms with Crippen molar-refractivity contribution < 1.29 is 14.3 Å². The molecular formula is C30H31N5O3S. The zero-order valence-electron chi connectivity index (χ0n) is 22.2. The second kappa shape index (κ2) is 12.1. The second-order valence-electron chi connectivity index (χ2n) is 8.89. The van der Waals surface area contributed by atoms with Gasteiger partial charge in [-0.1, -0.05) is 73.3 Å². The SMILES string of the molecule is CCOc1ccccc1NC(=O)C1=C(C)Nc2nc(SCC)nn2C1c1cccc(OCc2ccccc2)c1. The van der Waals surface area contributed by atoms with E-state index in [1.807, 2.05) is 92.7 Å². The van der Waals surface area contributed by atoms with Crippen molar-refractivity contribution in [3.8, 4) is 11.5 Å². The molecule has 1 unspecified atom stereocenters. The molecule has 0 aliphatic carbocycles. The van der Waals surface area contributed by atoms with Crippen LogP contribution in [-0.4, -0.2) is 33.0 Å². The summed E-state index contributed by atoms with van der Waals surface area (Å²) in [6.45, 7) is 6.79. The van der Waals surface area contributed by atoms with E-state index in [0.29, 0.717) is 52.8 Å². The highest BCUT2D eigenvalue weighted by atomic mass is 32.2. The zero-order valence-corrected chi connectivity index (χ0v) is 23.0. The number of thioether (sulfide) groups is 1. The molecule has 4 aromatic rings. The summed E-state index contributed by atoms with van der Waals surface area (Å²) in [6.07, 6.45) is 0. The number of benzene rings is 3. The molecule has 0 saturated carbocycles. The fourth-order valence-electron chi connectivity index (χ4n) is 4.48. The number of amides is 1. The van der Waals surface area contributed by atoms with Gasteiger partial charge in [0.2, 0.25) is 11.1 Å². The maximum absolute atomic E-state index is 13.9. The molecular weight excluding hydrogens is 510 g/mol. The van der Waals surface area contributed by atoms with Gasteiger partial charge < -0.3 is 20.1 Å². The fourth-order valence-corrected chi connectivity index (χ4v) is 5.04. The average Bonchev–Trinajstić information content (AvgIpc) is 3.35. The van der Waals surface area contributed by atoms with Gasteiger partial charge in [-0.3, -0.25) is 4.79 Å². The second-order valence-corrected chi connectivity index (χ2v) is 10.1. The van der Waals surface area contributed by atoms with Crippen LogP contribution >= 0.6 is 11.8 Å². The quantitative estimate of drug-likeness (QED) is 0.228. The average molecular weight is 542 g/mol. The van der Waals surface area contributed by atoms with Gasteiger partial charge in [-0.25, -0.2) is 4.68 Å². The summed E-state index contributed by atoms with van der Waals surface area (Å²) in [5, 5.41) is 11.8. The monoisotopic (exact) mass is 541 g/mol. The number of fused-ring (bicyclic) bond motifs is 1. The molecule has 1 amide bonds. The Kier molecular flexibility index (Phi) is 8.17. The minimum absolute atomic E-state index is 0.251. The Morgan fingerprint density at radius 3 is 2.62 bits per heavy atom. The van der Waals surface area contributed by atoms with Crippen molar-refractivity contribution in [3.05, 3.63) is 101 Å². The molecule has 39 heavy (non-hydrogen) atoms. The van der Waals surface area contributed by atoms with E-state index in [1.54, 1.807) is 16.4 Å². The van der Waals surface area contributed by atoms with Crippen LogP contribution in [0.4, 0.5) is 11.6 Å². The Morgan fingerprint density at radius 1 is 1.03 bits per heavy atom. The summed E-state index contributed by atoms with van der Waals surface area (Å²) in [5.74, 6) is 2.50. The van der Waals surface area contributed by atoms with Gasteiger partial charge >= 0.3 is 0 Å². The molecule has 1 aliphatic heterocycles. The molecule has 9 heteroatoms. The fraction of sp³-hybridized carbons (Fsp3) is 0.233. The molecule has 1 aromatic heterocycles. The summed E-state index contributed by atoms with van der Waals surface area (Å²) in [6, 6.07) is 24.7. The number of nitrogens with zero attached hydrogens (tertiary/aromatic N) is 3. The van der Waals surface area contributed by atoms with E-state index in [4.69, 9.17) is 14.6 Å². The van der Waals surface area contributed by atoms with Crippen LogP contribution in [0.5, 0.6) is 11.5 Å². The maximum Gasteiger partial charge on any atom is 0.255 e.